The topological polar surface area (TPSA) is 96.4 Å². The predicted octanol–water partition coefficient (Wildman–Crippen LogP) is -0.228. The van der Waals surface area contributed by atoms with Crippen LogP contribution >= 0.6 is 0 Å². The van der Waals surface area contributed by atoms with Crippen molar-refractivity contribution in [1.29, 1.82) is 0 Å². The standard InChI is InChI=1S/C8H10N2O3/c9-3-7(11)5-1-2-10-4-6(5)8(12)13/h1-2,4,7,11H,3,9H2,(H,12,13). The fourth-order valence-corrected chi connectivity index (χ4v) is 1.00. The first kappa shape index (κ1) is 9.63. The maximum atomic E-state index is 10.7. The minimum absolute atomic E-state index is 0.00963. The van der Waals surface area contributed by atoms with Gasteiger partial charge in [0.1, 0.15) is 0 Å². The maximum absolute atomic E-state index is 10.7. The molecule has 4 N–H and O–H groups in total. The average Bonchev–Trinajstić information content (AvgIpc) is 2.16. The molecule has 70 valence electrons. The first-order valence-corrected chi connectivity index (χ1v) is 3.72. The third-order valence-electron chi connectivity index (χ3n) is 1.67. The summed E-state index contributed by atoms with van der Waals surface area (Å²) < 4.78 is 0. The summed E-state index contributed by atoms with van der Waals surface area (Å²) in [5.41, 5.74) is 5.49. The highest BCUT2D eigenvalue weighted by atomic mass is 16.4. The molecule has 13 heavy (non-hydrogen) atoms. The highest BCUT2D eigenvalue weighted by Crippen LogP contribution is 2.15. The van der Waals surface area contributed by atoms with Gasteiger partial charge in [0, 0.05) is 18.9 Å². The molecule has 0 saturated carbocycles. The molecule has 0 saturated heterocycles. The molecule has 1 heterocycles. The number of pyridine rings is 1. The van der Waals surface area contributed by atoms with Crippen LogP contribution in [0, 0.1) is 0 Å². The number of carboxylic acids is 1. The predicted molar refractivity (Wildman–Crippen MR) is 45.2 cm³/mol. The normalized spacial score (nSPS) is 12.5. The van der Waals surface area contributed by atoms with E-state index < -0.39 is 12.1 Å². The summed E-state index contributed by atoms with van der Waals surface area (Å²) in [7, 11) is 0. The quantitative estimate of drug-likeness (QED) is 0.600. The highest BCUT2D eigenvalue weighted by Gasteiger charge is 2.15. The summed E-state index contributed by atoms with van der Waals surface area (Å²) in [6.07, 6.45) is 1.66. The van der Waals surface area contributed by atoms with Crippen LogP contribution in [0.15, 0.2) is 18.5 Å². The Morgan fingerprint density at radius 3 is 2.92 bits per heavy atom. The number of nitrogens with two attached hydrogens (primary N) is 1. The number of nitrogens with zero attached hydrogens (tertiary/aromatic N) is 1. The average molecular weight is 182 g/mol. The summed E-state index contributed by atoms with van der Waals surface area (Å²) in [4.78, 5) is 14.3. The summed E-state index contributed by atoms with van der Waals surface area (Å²) in [6.45, 7) is -0.00963. The smallest absolute Gasteiger partial charge is 0.337 e. The Bertz CT molecular complexity index is 314. The van der Waals surface area contributed by atoms with Gasteiger partial charge in [-0.2, -0.15) is 0 Å². The molecule has 1 unspecified atom stereocenters. The van der Waals surface area contributed by atoms with E-state index in [0.717, 1.165) is 0 Å². The summed E-state index contributed by atoms with van der Waals surface area (Å²) in [5.74, 6) is -1.12. The molecule has 5 nitrogen and oxygen atoms in total. The van der Waals surface area contributed by atoms with Gasteiger partial charge in [0.25, 0.3) is 0 Å². The Kier molecular flexibility index (Phi) is 2.94. The number of aromatic carboxylic acids is 1. The number of hydrogen-bond acceptors (Lipinski definition) is 4. The zero-order valence-corrected chi connectivity index (χ0v) is 6.84. The van der Waals surface area contributed by atoms with Crippen molar-refractivity contribution in [1.82, 2.24) is 4.98 Å². The summed E-state index contributed by atoms with van der Waals surface area (Å²) in [5, 5.41) is 18.1. The van der Waals surface area contributed by atoms with Gasteiger partial charge in [0.15, 0.2) is 0 Å². The Morgan fingerprint density at radius 2 is 2.38 bits per heavy atom. The summed E-state index contributed by atoms with van der Waals surface area (Å²) in [6, 6.07) is 1.45. The highest BCUT2D eigenvalue weighted by molar-refractivity contribution is 5.89. The fourth-order valence-electron chi connectivity index (χ4n) is 1.00. The van der Waals surface area contributed by atoms with Crippen LogP contribution < -0.4 is 5.73 Å². The molecule has 0 aliphatic carbocycles. The van der Waals surface area contributed by atoms with Crippen LogP contribution in [0.2, 0.25) is 0 Å². The number of hydrogen-bond donors (Lipinski definition) is 3. The largest absolute Gasteiger partial charge is 0.478 e. The number of aromatic nitrogens is 1. The van der Waals surface area contributed by atoms with Crippen molar-refractivity contribution >= 4 is 5.97 Å². The first-order chi connectivity index (χ1) is 6.16. The van der Waals surface area contributed by atoms with Crippen molar-refractivity contribution in [2.75, 3.05) is 6.54 Å². The van der Waals surface area contributed by atoms with E-state index in [4.69, 9.17) is 10.8 Å². The van der Waals surface area contributed by atoms with Crippen LogP contribution in [0.25, 0.3) is 0 Å². The van der Waals surface area contributed by atoms with Gasteiger partial charge in [0.2, 0.25) is 0 Å². The summed E-state index contributed by atoms with van der Waals surface area (Å²) >= 11 is 0. The van der Waals surface area contributed by atoms with Gasteiger partial charge in [-0.05, 0) is 11.6 Å². The minimum atomic E-state index is -1.12. The van der Waals surface area contributed by atoms with E-state index in [1.54, 1.807) is 0 Å². The molecule has 5 heteroatoms. The number of rotatable bonds is 3. The van der Waals surface area contributed by atoms with Crippen LogP contribution in [0.1, 0.15) is 22.0 Å². The van der Waals surface area contributed by atoms with E-state index in [9.17, 15) is 9.90 Å². The van der Waals surface area contributed by atoms with Gasteiger partial charge < -0.3 is 15.9 Å². The molecule has 0 aromatic carbocycles. The van der Waals surface area contributed by atoms with Crippen LogP contribution in [0.4, 0.5) is 0 Å². The van der Waals surface area contributed by atoms with E-state index in [1.165, 1.54) is 18.5 Å². The molecule has 0 aliphatic heterocycles. The van der Waals surface area contributed by atoms with E-state index in [1.807, 2.05) is 0 Å². The molecule has 0 fully saturated rings. The lowest BCUT2D eigenvalue weighted by molar-refractivity contribution is 0.0689. The Balaban J connectivity index is 3.11. The van der Waals surface area contributed by atoms with Crippen molar-refractivity contribution in [3.05, 3.63) is 29.6 Å². The number of aliphatic hydroxyl groups is 1. The number of aliphatic hydroxyl groups excluding tert-OH is 1. The molecule has 0 amide bonds. The second-order valence-corrected chi connectivity index (χ2v) is 2.52. The van der Waals surface area contributed by atoms with Crippen LogP contribution in [0.3, 0.4) is 0 Å². The van der Waals surface area contributed by atoms with Gasteiger partial charge in [-0.15, -0.1) is 0 Å². The van der Waals surface area contributed by atoms with Crippen LogP contribution in [-0.2, 0) is 0 Å². The van der Waals surface area contributed by atoms with E-state index in [0.29, 0.717) is 5.56 Å². The molecular weight excluding hydrogens is 172 g/mol. The van der Waals surface area contributed by atoms with Gasteiger partial charge in [-0.25, -0.2) is 4.79 Å². The second kappa shape index (κ2) is 3.97. The van der Waals surface area contributed by atoms with Crippen molar-refractivity contribution in [3.8, 4) is 0 Å². The molecular formula is C8H10N2O3. The Hall–Kier alpha value is -1.46. The maximum Gasteiger partial charge on any atom is 0.337 e. The van der Waals surface area contributed by atoms with E-state index in [-0.39, 0.29) is 12.1 Å². The molecule has 0 spiro atoms. The molecule has 1 atom stereocenters. The zero-order valence-electron chi connectivity index (χ0n) is 6.84. The first-order valence-electron chi connectivity index (χ1n) is 3.72. The van der Waals surface area contributed by atoms with Gasteiger partial charge in [-0.3, -0.25) is 4.98 Å². The van der Waals surface area contributed by atoms with E-state index >= 15 is 0 Å². The van der Waals surface area contributed by atoms with Crippen molar-refractivity contribution in [2.45, 2.75) is 6.10 Å². The molecule has 1 aromatic heterocycles. The monoisotopic (exact) mass is 182 g/mol. The fraction of sp³-hybridized carbons (Fsp3) is 0.250. The Morgan fingerprint density at radius 1 is 1.69 bits per heavy atom. The minimum Gasteiger partial charge on any atom is -0.478 e. The van der Waals surface area contributed by atoms with Crippen LogP contribution in [-0.4, -0.2) is 27.7 Å². The Labute approximate surface area is 74.8 Å². The molecule has 0 aliphatic rings. The van der Waals surface area contributed by atoms with Gasteiger partial charge >= 0.3 is 5.97 Å². The zero-order chi connectivity index (χ0) is 9.84. The molecule has 0 radical (unpaired) electrons. The van der Waals surface area contributed by atoms with Gasteiger partial charge in [0.05, 0.1) is 11.7 Å². The van der Waals surface area contributed by atoms with Gasteiger partial charge in [-0.1, -0.05) is 0 Å². The van der Waals surface area contributed by atoms with E-state index in [2.05, 4.69) is 4.98 Å². The number of carbonyl (C=O) groups is 1. The molecule has 1 aromatic rings. The third-order valence-corrected chi connectivity index (χ3v) is 1.67. The number of carboxylic acid groups (broad SMARTS) is 1. The van der Waals surface area contributed by atoms with Crippen molar-refractivity contribution < 1.29 is 15.0 Å². The van der Waals surface area contributed by atoms with Crippen molar-refractivity contribution in [3.63, 3.8) is 0 Å². The second-order valence-electron chi connectivity index (χ2n) is 2.52. The molecule has 1 rings (SSSR count). The van der Waals surface area contributed by atoms with Crippen LogP contribution in [0.5, 0.6) is 0 Å². The third kappa shape index (κ3) is 2.01. The van der Waals surface area contributed by atoms with Crippen molar-refractivity contribution in [2.24, 2.45) is 5.73 Å². The lowest BCUT2D eigenvalue weighted by Gasteiger charge is -2.09. The SMILES string of the molecule is NCC(O)c1ccncc1C(=O)O. The lowest BCUT2D eigenvalue weighted by Crippen LogP contribution is -2.15. The molecule has 0 bridgehead atoms. The lowest BCUT2D eigenvalue weighted by atomic mass is 10.1.